The predicted octanol–water partition coefficient (Wildman–Crippen LogP) is 7.32. The van der Waals surface area contributed by atoms with Crippen molar-refractivity contribution >= 4 is 5.57 Å². The zero-order valence-corrected chi connectivity index (χ0v) is 20.9. The number of benzene rings is 2. The number of rotatable bonds is 9. The van der Waals surface area contributed by atoms with Crippen molar-refractivity contribution in [2.45, 2.75) is 32.6 Å². The van der Waals surface area contributed by atoms with E-state index in [0.717, 1.165) is 49.1 Å². The third-order valence-corrected chi connectivity index (χ3v) is 5.90. The molecule has 0 bridgehead atoms. The molecular formula is C31H37NO2. The molecule has 2 saturated carbocycles. The maximum atomic E-state index is 9.71. The van der Waals surface area contributed by atoms with Crippen molar-refractivity contribution in [2.75, 3.05) is 27.2 Å². The van der Waals surface area contributed by atoms with Crippen LogP contribution >= 0.6 is 0 Å². The molecular weight excluding hydrogens is 418 g/mol. The molecule has 2 aromatic carbocycles. The molecule has 2 aliphatic carbocycles. The quantitative estimate of drug-likeness (QED) is 0.402. The highest BCUT2D eigenvalue weighted by molar-refractivity contribution is 5.84. The number of hydrogen-bond donors (Lipinski definition) is 1. The Balaban J connectivity index is 0.000000574. The predicted molar refractivity (Wildman–Crippen MR) is 144 cm³/mol. The number of nitrogens with zero attached hydrogens (tertiary/aromatic N) is 1. The zero-order chi connectivity index (χ0) is 24.7. The Morgan fingerprint density at radius 1 is 0.912 bits per heavy atom. The molecule has 0 atom stereocenters. The van der Waals surface area contributed by atoms with Gasteiger partial charge < -0.3 is 14.7 Å². The fraction of sp³-hybridized carbons (Fsp3) is 0.290. The molecule has 0 amide bonds. The molecule has 34 heavy (non-hydrogen) atoms. The summed E-state index contributed by atoms with van der Waals surface area (Å²) in [5.41, 5.74) is 9.73. The van der Waals surface area contributed by atoms with E-state index in [1.165, 1.54) is 33.4 Å². The van der Waals surface area contributed by atoms with Crippen LogP contribution in [0.2, 0.25) is 0 Å². The summed E-state index contributed by atoms with van der Waals surface area (Å²) in [6.45, 7) is 15.3. The topological polar surface area (TPSA) is 32.7 Å². The lowest BCUT2D eigenvalue weighted by molar-refractivity contribution is 0.281. The third-order valence-electron chi connectivity index (χ3n) is 5.90. The summed E-state index contributed by atoms with van der Waals surface area (Å²) in [5, 5.41) is 9.71. The van der Waals surface area contributed by atoms with E-state index < -0.39 is 0 Å². The maximum Gasteiger partial charge on any atom is 0.119 e. The summed E-state index contributed by atoms with van der Waals surface area (Å²) in [6, 6.07) is 15.8. The normalized spacial score (nSPS) is 16.2. The molecule has 0 spiro atoms. The van der Waals surface area contributed by atoms with Gasteiger partial charge in [-0.1, -0.05) is 57.0 Å². The van der Waals surface area contributed by atoms with Gasteiger partial charge in [-0.05, 0) is 109 Å². The minimum Gasteiger partial charge on any atom is -0.508 e. The van der Waals surface area contributed by atoms with Gasteiger partial charge in [-0.2, -0.15) is 0 Å². The van der Waals surface area contributed by atoms with Crippen LogP contribution in [0.4, 0.5) is 0 Å². The van der Waals surface area contributed by atoms with Crippen LogP contribution in [0.15, 0.2) is 102 Å². The number of phenolic OH excluding ortho intramolecular Hbond substituents is 1. The summed E-state index contributed by atoms with van der Waals surface area (Å²) in [7, 11) is 4.15. The van der Waals surface area contributed by atoms with E-state index in [0.29, 0.717) is 6.61 Å². The van der Waals surface area contributed by atoms with Crippen molar-refractivity contribution in [3.05, 3.63) is 113 Å². The van der Waals surface area contributed by atoms with Gasteiger partial charge in [0.15, 0.2) is 0 Å². The monoisotopic (exact) mass is 455 g/mol. The van der Waals surface area contributed by atoms with Crippen molar-refractivity contribution < 1.29 is 9.84 Å². The molecule has 2 aliphatic rings. The van der Waals surface area contributed by atoms with Gasteiger partial charge in [0.1, 0.15) is 11.5 Å². The Kier molecular flexibility index (Phi) is 8.72. The lowest BCUT2D eigenvalue weighted by Gasteiger charge is -2.15. The number of aromatic hydroxyl groups is 1. The summed E-state index contributed by atoms with van der Waals surface area (Å²) < 4.78 is 5.89. The minimum absolute atomic E-state index is 0.279. The second-order valence-electron chi connectivity index (χ2n) is 9.16. The molecule has 2 aromatic rings. The average Bonchev–Trinajstić information content (AvgIpc) is 3.71. The van der Waals surface area contributed by atoms with Gasteiger partial charge in [0, 0.05) is 6.54 Å². The fourth-order valence-electron chi connectivity index (χ4n) is 3.57. The standard InChI is InChI=1S/C26H31NO2.C5H6/c1-5-20(18-23-17-19(23)2)26(21-7-11-24(28)12-8-21)22-9-13-25(14-10-22)29-16-6-15-27(3)4;1-4-3-5(4)2/h7-14,18,28H,2,5-6,15-17H2,1,3-4H3;1-3H2/b23-18+,26-20-;. The van der Waals surface area contributed by atoms with Crippen molar-refractivity contribution in [1.82, 2.24) is 4.90 Å². The smallest absolute Gasteiger partial charge is 0.119 e. The highest BCUT2D eigenvalue weighted by Gasteiger charge is 2.19. The van der Waals surface area contributed by atoms with Crippen molar-refractivity contribution in [1.29, 1.82) is 0 Å². The third kappa shape index (κ3) is 7.64. The van der Waals surface area contributed by atoms with E-state index in [1.807, 2.05) is 24.3 Å². The van der Waals surface area contributed by atoms with Crippen LogP contribution in [-0.4, -0.2) is 37.3 Å². The summed E-state index contributed by atoms with van der Waals surface area (Å²) in [5.74, 6) is 1.17. The molecule has 0 heterocycles. The molecule has 0 aromatic heterocycles. The second-order valence-corrected chi connectivity index (χ2v) is 9.16. The molecule has 0 unspecified atom stereocenters. The molecule has 178 valence electrons. The van der Waals surface area contributed by atoms with E-state index in [4.69, 9.17) is 4.74 Å². The Bertz CT molecular complexity index is 1090. The summed E-state index contributed by atoms with van der Waals surface area (Å²) >= 11 is 0. The molecule has 0 saturated heterocycles. The van der Waals surface area contributed by atoms with Gasteiger partial charge in [0.05, 0.1) is 6.61 Å². The zero-order valence-electron chi connectivity index (χ0n) is 20.9. The van der Waals surface area contributed by atoms with Gasteiger partial charge in [0.2, 0.25) is 0 Å². The van der Waals surface area contributed by atoms with E-state index in [-0.39, 0.29) is 5.75 Å². The Morgan fingerprint density at radius 3 is 1.88 bits per heavy atom. The molecule has 3 heteroatoms. The van der Waals surface area contributed by atoms with Crippen LogP contribution in [-0.2, 0) is 0 Å². The number of allylic oxidation sites excluding steroid dienone is 6. The molecule has 1 N–H and O–H groups in total. The van der Waals surface area contributed by atoms with Crippen molar-refractivity contribution in [3.63, 3.8) is 0 Å². The van der Waals surface area contributed by atoms with Gasteiger partial charge >= 0.3 is 0 Å². The average molecular weight is 456 g/mol. The first-order valence-electron chi connectivity index (χ1n) is 11.9. The van der Waals surface area contributed by atoms with Gasteiger partial charge in [-0.15, -0.1) is 0 Å². The maximum absolute atomic E-state index is 9.71. The summed E-state index contributed by atoms with van der Waals surface area (Å²) in [4.78, 5) is 2.16. The van der Waals surface area contributed by atoms with E-state index >= 15 is 0 Å². The Labute approximate surface area is 205 Å². The Hall–Kier alpha value is -3.30. The lowest BCUT2D eigenvalue weighted by atomic mass is 9.91. The summed E-state index contributed by atoms with van der Waals surface area (Å²) in [6.07, 6.45) is 6.29. The van der Waals surface area contributed by atoms with Crippen molar-refractivity contribution in [3.8, 4) is 11.5 Å². The number of hydrogen-bond acceptors (Lipinski definition) is 3. The van der Waals surface area contributed by atoms with Crippen LogP contribution in [0.1, 0.15) is 43.7 Å². The van der Waals surface area contributed by atoms with Gasteiger partial charge in [-0.25, -0.2) is 0 Å². The molecule has 2 fully saturated rings. The van der Waals surface area contributed by atoms with Gasteiger partial charge in [-0.3, -0.25) is 0 Å². The second kappa shape index (κ2) is 11.7. The highest BCUT2D eigenvalue weighted by Crippen LogP contribution is 2.39. The van der Waals surface area contributed by atoms with Crippen LogP contribution in [0.5, 0.6) is 11.5 Å². The largest absolute Gasteiger partial charge is 0.508 e. The SMILES string of the molecule is C=C1C/C1=C\C(CC)=C(\c1ccc(O)cc1)c1ccc(OCCCN(C)C)cc1.C=C1CC1=C. The lowest BCUT2D eigenvalue weighted by Crippen LogP contribution is -2.15. The number of phenols is 1. The van der Waals surface area contributed by atoms with Crippen LogP contribution in [0, 0.1) is 0 Å². The molecule has 3 nitrogen and oxygen atoms in total. The van der Waals surface area contributed by atoms with Crippen LogP contribution in [0.25, 0.3) is 5.57 Å². The molecule has 0 radical (unpaired) electrons. The number of ether oxygens (including phenoxy) is 1. The van der Waals surface area contributed by atoms with Crippen molar-refractivity contribution in [2.24, 2.45) is 0 Å². The van der Waals surface area contributed by atoms with E-state index in [2.05, 4.69) is 63.9 Å². The fourth-order valence-corrected chi connectivity index (χ4v) is 3.57. The highest BCUT2D eigenvalue weighted by atomic mass is 16.5. The minimum atomic E-state index is 0.279. The molecule has 0 aliphatic heterocycles. The first-order valence-corrected chi connectivity index (χ1v) is 11.9. The van der Waals surface area contributed by atoms with Crippen LogP contribution in [0.3, 0.4) is 0 Å². The van der Waals surface area contributed by atoms with E-state index in [1.54, 1.807) is 12.1 Å². The van der Waals surface area contributed by atoms with Gasteiger partial charge in [0.25, 0.3) is 0 Å². The first-order chi connectivity index (χ1) is 16.3. The van der Waals surface area contributed by atoms with E-state index in [9.17, 15) is 5.11 Å². The Morgan fingerprint density at radius 2 is 1.44 bits per heavy atom. The first kappa shape index (κ1) is 25.3. The van der Waals surface area contributed by atoms with Crippen LogP contribution < -0.4 is 4.74 Å². The molecule has 4 rings (SSSR count).